The Morgan fingerprint density at radius 3 is 2.59 bits per heavy atom. The van der Waals surface area contributed by atoms with E-state index < -0.39 is 10.0 Å². The average molecular weight is 393 g/mol. The standard InChI is InChI=1S/C18H23N3O5S/c1-12-17(18(26-20-12)19-13(2)22)14-7-8-15(25-3)16(11-14)27(23,24)21-9-5-4-6-10-21/h7-8,11H,4-6,9-10H2,1-3H3,(H,19,22). The van der Waals surface area contributed by atoms with Crippen molar-refractivity contribution in [1.82, 2.24) is 9.46 Å². The van der Waals surface area contributed by atoms with Crippen LogP contribution in [0.3, 0.4) is 0 Å². The van der Waals surface area contributed by atoms with Crippen molar-refractivity contribution in [3.8, 4) is 16.9 Å². The first kappa shape index (κ1) is 19.4. The molecule has 0 spiro atoms. The van der Waals surface area contributed by atoms with Gasteiger partial charge in [-0.25, -0.2) is 8.42 Å². The number of nitrogens with zero attached hydrogens (tertiary/aromatic N) is 2. The van der Waals surface area contributed by atoms with Crippen molar-refractivity contribution in [1.29, 1.82) is 0 Å². The zero-order chi connectivity index (χ0) is 19.6. The summed E-state index contributed by atoms with van der Waals surface area (Å²) >= 11 is 0. The van der Waals surface area contributed by atoms with Gasteiger partial charge in [-0.15, -0.1) is 0 Å². The van der Waals surface area contributed by atoms with Crippen LogP contribution in [0.1, 0.15) is 31.9 Å². The van der Waals surface area contributed by atoms with Crippen LogP contribution in [0, 0.1) is 6.92 Å². The molecule has 1 saturated heterocycles. The zero-order valence-corrected chi connectivity index (χ0v) is 16.4. The highest BCUT2D eigenvalue weighted by Crippen LogP contribution is 2.37. The molecule has 27 heavy (non-hydrogen) atoms. The minimum atomic E-state index is -3.70. The van der Waals surface area contributed by atoms with Crippen LogP contribution in [-0.2, 0) is 14.8 Å². The van der Waals surface area contributed by atoms with Crippen molar-refractivity contribution in [2.24, 2.45) is 0 Å². The Bertz CT molecular complexity index is 946. The lowest BCUT2D eigenvalue weighted by molar-refractivity contribution is -0.114. The molecule has 1 aromatic carbocycles. The number of rotatable bonds is 5. The number of benzene rings is 1. The number of hydrogen-bond donors (Lipinski definition) is 1. The molecule has 9 heteroatoms. The number of aryl methyl sites for hydroxylation is 1. The number of carbonyl (C=O) groups is 1. The summed E-state index contributed by atoms with van der Waals surface area (Å²) in [7, 11) is -2.26. The lowest BCUT2D eigenvalue weighted by Gasteiger charge is -2.26. The summed E-state index contributed by atoms with van der Waals surface area (Å²) in [5, 5.41) is 6.47. The second-order valence-corrected chi connectivity index (χ2v) is 8.39. The van der Waals surface area contributed by atoms with Crippen LogP contribution in [0.5, 0.6) is 5.75 Å². The van der Waals surface area contributed by atoms with Crippen LogP contribution >= 0.6 is 0 Å². The minimum absolute atomic E-state index is 0.0961. The van der Waals surface area contributed by atoms with E-state index >= 15 is 0 Å². The predicted molar refractivity (Wildman–Crippen MR) is 100 cm³/mol. The summed E-state index contributed by atoms with van der Waals surface area (Å²) in [6, 6.07) is 4.88. The van der Waals surface area contributed by atoms with E-state index in [4.69, 9.17) is 9.26 Å². The maximum atomic E-state index is 13.2. The third-order valence-electron chi connectivity index (χ3n) is 4.54. The molecule has 8 nitrogen and oxygen atoms in total. The molecule has 146 valence electrons. The molecular formula is C18H23N3O5S. The molecule has 0 unspecified atom stereocenters. The molecule has 1 aliphatic rings. The van der Waals surface area contributed by atoms with Crippen molar-refractivity contribution < 1.29 is 22.5 Å². The van der Waals surface area contributed by atoms with E-state index in [9.17, 15) is 13.2 Å². The SMILES string of the molecule is COc1ccc(-c2c(C)noc2NC(C)=O)cc1S(=O)(=O)N1CCCCC1. The molecule has 0 bridgehead atoms. The summed E-state index contributed by atoms with van der Waals surface area (Å²) in [6.45, 7) is 4.09. The summed E-state index contributed by atoms with van der Waals surface area (Å²) < 4.78 is 38.3. The van der Waals surface area contributed by atoms with Gasteiger partial charge in [-0.2, -0.15) is 4.31 Å². The van der Waals surface area contributed by atoms with Crippen LogP contribution < -0.4 is 10.1 Å². The second kappa shape index (κ2) is 7.69. The number of nitrogens with one attached hydrogen (secondary N) is 1. The first-order chi connectivity index (χ1) is 12.8. The van der Waals surface area contributed by atoms with E-state index in [0.717, 1.165) is 19.3 Å². The van der Waals surface area contributed by atoms with Crippen molar-refractivity contribution in [2.45, 2.75) is 38.0 Å². The van der Waals surface area contributed by atoms with Gasteiger partial charge in [0.15, 0.2) is 0 Å². The highest BCUT2D eigenvalue weighted by molar-refractivity contribution is 7.89. The number of methoxy groups -OCH3 is 1. The van der Waals surface area contributed by atoms with Gasteiger partial charge in [-0.05, 0) is 37.5 Å². The van der Waals surface area contributed by atoms with Gasteiger partial charge in [0.2, 0.25) is 21.8 Å². The minimum Gasteiger partial charge on any atom is -0.495 e. The maximum absolute atomic E-state index is 13.2. The molecule has 0 atom stereocenters. The van der Waals surface area contributed by atoms with Gasteiger partial charge < -0.3 is 9.26 Å². The van der Waals surface area contributed by atoms with Gasteiger partial charge in [-0.1, -0.05) is 17.6 Å². The van der Waals surface area contributed by atoms with E-state index in [2.05, 4.69) is 10.5 Å². The van der Waals surface area contributed by atoms with E-state index in [0.29, 0.717) is 29.9 Å². The topological polar surface area (TPSA) is 102 Å². The fourth-order valence-electron chi connectivity index (χ4n) is 3.23. The molecule has 1 fully saturated rings. The number of carbonyl (C=O) groups excluding carboxylic acids is 1. The van der Waals surface area contributed by atoms with Crippen LogP contribution in [0.2, 0.25) is 0 Å². The van der Waals surface area contributed by atoms with Gasteiger partial charge in [0, 0.05) is 20.0 Å². The summed E-state index contributed by atoms with van der Waals surface area (Å²) in [4.78, 5) is 11.5. The number of anilines is 1. The van der Waals surface area contributed by atoms with Crippen LogP contribution in [0.25, 0.3) is 11.1 Å². The van der Waals surface area contributed by atoms with Crippen LogP contribution in [0.4, 0.5) is 5.88 Å². The summed E-state index contributed by atoms with van der Waals surface area (Å²) in [6.07, 6.45) is 2.72. The molecule has 2 aromatic rings. The largest absolute Gasteiger partial charge is 0.495 e. The van der Waals surface area contributed by atoms with Crippen molar-refractivity contribution >= 4 is 21.8 Å². The molecule has 0 saturated carbocycles. The molecular weight excluding hydrogens is 370 g/mol. The van der Waals surface area contributed by atoms with Gasteiger partial charge in [-0.3, -0.25) is 10.1 Å². The number of ether oxygens (including phenoxy) is 1. The number of piperidine rings is 1. The molecule has 3 rings (SSSR count). The van der Waals surface area contributed by atoms with E-state index in [1.165, 1.54) is 18.3 Å². The third-order valence-corrected chi connectivity index (χ3v) is 6.46. The normalized spacial score (nSPS) is 15.5. The second-order valence-electron chi connectivity index (χ2n) is 6.48. The average Bonchev–Trinajstić information content (AvgIpc) is 3.01. The van der Waals surface area contributed by atoms with Crippen LogP contribution in [0.15, 0.2) is 27.6 Å². The van der Waals surface area contributed by atoms with Gasteiger partial charge in [0.1, 0.15) is 10.6 Å². The number of amides is 1. The third kappa shape index (κ3) is 3.84. The first-order valence-corrected chi connectivity index (χ1v) is 10.2. The molecule has 1 amide bonds. The predicted octanol–water partition coefficient (Wildman–Crippen LogP) is 2.79. The first-order valence-electron chi connectivity index (χ1n) is 8.77. The van der Waals surface area contributed by atoms with Crippen molar-refractivity contribution in [3.05, 3.63) is 23.9 Å². The Balaban J connectivity index is 2.10. The van der Waals surface area contributed by atoms with Crippen LogP contribution in [-0.4, -0.2) is 44.0 Å². The maximum Gasteiger partial charge on any atom is 0.246 e. The Hall–Kier alpha value is -2.39. The number of hydrogen-bond acceptors (Lipinski definition) is 6. The fraction of sp³-hybridized carbons (Fsp3) is 0.444. The smallest absolute Gasteiger partial charge is 0.246 e. The highest BCUT2D eigenvalue weighted by Gasteiger charge is 2.30. The zero-order valence-electron chi connectivity index (χ0n) is 15.6. The molecule has 2 heterocycles. The van der Waals surface area contributed by atoms with E-state index in [1.54, 1.807) is 25.1 Å². The quantitative estimate of drug-likeness (QED) is 0.838. The number of aromatic nitrogens is 1. The fourth-order valence-corrected chi connectivity index (χ4v) is 4.93. The van der Waals surface area contributed by atoms with Crippen molar-refractivity contribution in [2.75, 3.05) is 25.5 Å². The highest BCUT2D eigenvalue weighted by atomic mass is 32.2. The van der Waals surface area contributed by atoms with E-state index in [1.807, 2.05) is 0 Å². The lowest BCUT2D eigenvalue weighted by atomic mass is 10.1. The van der Waals surface area contributed by atoms with Gasteiger partial charge in [0.25, 0.3) is 0 Å². The molecule has 0 aliphatic carbocycles. The molecule has 1 aliphatic heterocycles. The molecule has 0 radical (unpaired) electrons. The lowest BCUT2D eigenvalue weighted by Crippen LogP contribution is -2.35. The summed E-state index contributed by atoms with van der Waals surface area (Å²) in [5.41, 5.74) is 1.67. The van der Waals surface area contributed by atoms with Gasteiger partial charge in [0.05, 0.1) is 18.4 Å². The Morgan fingerprint density at radius 1 is 1.26 bits per heavy atom. The monoisotopic (exact) mass is 393 g/mol. The van der Waals surface area contributed by atoms with E-state index in [-0.39, 0.29) is 22.4 Å². The Morgan fingerprint density at radius 2 is 1.96 bits per heavy atom. The summed E-state index contributed by atoms with van der Waals surface area (Å²) in [5.74, 6) is 0.160. The number of sulfonamides is 1. The molecule has 1 aromatic heterocycles. The Labute approximate surface area is 158 Å². The van der Waals surface area contributed by atoms with Gasteiger partial charge >= 0.3 is 0 Å². The van der Waals surface area contributed by atoms with Crippen molar-refractivity contribution in [3.63, 3.8) is 0 Å². The Kier molecular flexibility index (Phi) is 5.52. The molecule has 1 N–H and O–H groups in total.